The van der Waals surface area contributed by atoms with Gasteiger partial charge in [-0.05, 0) is 23.8 Å². The number of nitrogens with zero attached hydrogens (tertiary/aromatic N) is 2. The molecular weight excluding hydrogens is 327 g/mol. The van der Waals surface area contributed by atoms with Crippen molar-refractivity contribution in [2.75, 3.05) is 0 Å². The van der Waals surface area contributed by atoms with Crippen LogP contribution < -0.4 is 10.9 Å². The fraction of sp³-hybridized carbons (Fsp3) is 0. The Bertz CT molecular complexity index is 720. The summed E-state index contributed by atoms with van der Waals surface area (Å²) < 4.78 is 0. The number of carbonyl (C=O) groups is 2. The molecule has 0 spiro atoms. The fourth-order valence-electron chi connectivity index (χ4n) is 1.43. The summed E-state index contributed by atoms with van der Waals surface area (Å²) in [4.78, 5) is 30.8. The molecule has 0 unspecified atom stereocenters. The van der Waals surface area contributed by atoms with Crippen LogP contribution in [0.25, 0.3) is 6.08 Å². The molecule has 1 aromatic carbocycles. The minimum Gasteiger partial charge on any atom is -0.268 e. The van der Waals surface area contributed by atoms with E-state index in [9.17, 15) is 9.59 Å². The predicted octanol–water partition coefficient (Wildman–Crippen LogP) is 2.26. The van der Waals surface area contributed by atoms with E-state index in [1.807, 2.05) is 0 Å². The summed E-state index contributed by atoms with van der Waals surface area (Å²) in [5.74, 6) is -1.08. The summed E-state index contributed by atoms with van der Waals surface area (Å²) in [6.45, 7) is 0. The van der Waals surface area contributed by atoms with Gasteiger partial charge in [0.25, 0.3) is 11.8 Å². The number of aromatic nitrogens is 2. The quantitative estimate of drug-likeness (QED) is 0.665. The average Bonchev–Trinajstić information content (AvgIpc) is 2.54. The molecule has 8 heteroatoms. The van der Waals surface area contributed by atoms with E-state index < -0.39 is 11.8 Å². The van der Waals surface area contributed by atoms with E-state index in [0.717, 1.165) is 0 Å². The first kappa shape index (κ1) is 15.9. The Hall–Kier alpha value is -2.44. The van der Waals surface area contributed by atoms with Crippen molar-refractivity contribution < 1.29 is 9.59 Å². The normalized spacial score (nSPS) is 10.5. The first-order chi connectivity index (χ1) is 10.6. The Balaban J connectivity index is 1.89. The van der Waals surface area contributed by atoms with Crippen molar-refractivity contribution in [3.05, 3.63) is 64.2 Å². The maximum Gasteiger partial charge on any atom is 0.289 e. The Morgan fingerprint density at radius 3 is 2.59 bits per heavy atom. The van der Waals surface area contributed by atoms with Crippen LogP contribution >= 0.6 is 23.2 Å². The van der Waals surface area contributed by atoms with Gasteiger partial charge in [-0.15, -0.1) is 0 Å². The summed E-state index contributed by atoms with van der Waals surface area (Å²) in [5, 5.41) is 0.819. The molecule has 22 heavy (non-hydrogen) atoms. The first-order valence-corrected chi connectivity index (χ1v) is 6.81. The molecular formula is C14H10Cl2N4O2. The highest BCUT2D eigenvalue weighted by atomic mass is 35.5. The topological polar surface area (TPSA) is 84.0 Å². The van der Waals surface area contributed by atoms with Crippen LogP contribution in [0.2, 0.25) is 10.0 Å². The van der Waals surface area contributed by atoms with Crippen molar-refractivity contribution in [3.8, 4) is 0 Å². The second-order valence-corrected chi connectivity index (χ2v) is 4.86. The Morgan fingerprint density at radius 2 is 1.91 bits per heavy atom. The molecule has 0 bridgehead atoms. The smallest absolute Gasteiger partial charge is 0.268 e. The molecule has 0 saturated heterocycles. The number of halogens is 2. The maximum absolute atomic E-state index is 11.6. The number of carbonyl (C=O) groups excluding carboxylic acids is 2. The highest BCUT2D eigenvalue weighted by Gasteiger charge is 2.06. The standard InChI is InChI=1S/C14H10Cl2N4O2/c15-10-3-1-9(7-11(10)16)2-4-13(21)19-20-14(22)12-8-17-5-6-18-12/h1-8H,(H,19,21)(H,20,22)/b4-2+. The third kappa shape index (κ3) is 4.54. The monoisotopic (exact) mass is 336 g/mol. The summed E-state index contributed by atoms with van der Waals surface area (Å²) in [6, 6.07) is 4.94. The molecule has 0 atom stereocenters. The maximum atomic E-state index is 11.6. The molecule has 1 aromatic heterocycles. The van der Waals surface area contributed by atoms with E-state index in [2.05, 4.69) is 20.8 Å². The van der Waals surface area contributed by atoms with Crippen LogP contribution in [0.1, 0.15) is 16.1 Å². The van der Waals surface area contributed by atoms with Crippen molar-refractivity contribution >= 4 is 41.1 Å². The summed E-state index contributed by atoms with van der Waals surface area (Å²) in [7, 11) is 0. The lowest BCUT2D eigenvalue weighted by molar-refractivity contribution is -0.117. The number of hydrogen-bond donors (Lipinski definition) is 2. The summed E-state index contributed by atoms with van der Waals surface area (Å²) in [5.41, 5.74) is 5.23. The van der Waals surface area contributed by atoms with Gasteiger partial charge in [-0.2, -0.15) is 0 Å². The third-order valence-corrected chi connectivity index (χ3v) is 3.20. The molecule has 2 N–H and O–H groups in total. The Morgan fingerprint density at radius 1 is 1.09 bits per heavy atom. The highest BCUT2D eigenvalue weighted by Crippen LogP contribution is 2.22. The second kappa shape index (κ2) is 7.53. The summed E-state index contributed by atoms with van der Waals surface area (Å²) in [6.07, 6.45) is 6.88. The number of rotatable bonds is 3. The predicted molar refractivity (Wildman–Crippen MR) is 83.1 cm³/mol. The number of hydrogen-bond acceptors (Lipinski definition) is 4. The van der Waals surface area contributed by atoms with Crippen LogP contribution in [0.4, 0.5) is 0 Å². The Kier molecular flexibility index (Phi) is 5.46. The second-order valence-electron chi connectivity index (χ2n) is 4.04. The van der Waals surface area contributed by atoms with Crippen LogP contribution in [0.3, 0.4) is 0 Å². The summed E-state index contributed by atoms with van der Waals surface area (Å²) >= 11 is 11.7. The molecule has 6 nitrogen and oxygen atoms in total. The number of nitrogens with one attached hydrogen (secondary N) is 2. The van der Waals surface area contributed by atoms with E-state index in [1.54, 1.807) is 18.2 Å². The lowest BCUT2D eigenvalue weighted by Gasteiger charge is -2.04. The van der Waals surface area contributed by atoms with E-state index in [4.69, 9.17) is 23.2 Å². The lowest BCUT2D eigenvalue weighted by Crippen LogP contribution is -2.41. The van der Waals surface area contributed by atoms with Gasteiger partial charge in [0.05, 0.1) is 16.2 Å². The van der Waals surface area contributed by atoms with Crippen molar-refractivity contribution in [1.82, 2.24) is 20.8 Å². The van der Waals surface area contributed by atoms with Crippen LogP contribution in [0.5, 0.6) is 0 Å². The van der Waals surface area contributed by atoms with Crippen molar-refractivity contribution in [2.45, 2.75) is 0 Å². The minimum atomic E-state index is -0.565. The van der Waals surface area contributed by atoms with Crippen LogP contribution in [0, 0.1) is 0 Å². The number of benzene rings is 1. The fourth-order valence-corrected chi connectivity index (χ4v) is 1.73. The van der Waals surface area contributed by atoms with Crippen molar-refractivity contribution in [3.63, 3.8) is 0 Å². The van der Waals surface area contributed by atoms with E-state index in [-0.39, 0.29) is 5.69 Å². The molecule has 2 aromatic rings. The molecule has 0 aliphatic heterocycles. The van der Waals surface area contributed by atoms with Gasteiger partial charge in [0.2, 0.25) is 0 Å². The molecule has 0 aliphatic rings. The molecule has 1 heterocycles. The molecule has 2 amide bonds. The number of hydrazine groups is 1. The van der Waals surface area contributed by atoms with Crippen LogP contribution in [-0.2, 0) is 4.79 Å². The van der Waals surface area contributed by atoms with Gasteiger partial charge in [0.15, 0.2) is 0 Å². The van der Waals surface area contributed by atoms with Gasteiger partial charge in [0, 0.05) is 18.5 Å². The first-order valence-electron chi connectivity index (χ1n) is 6.06. The zero-order chi connectivity index (χ0) is 15.9. The molecule has 0 aliphatic carbocycles. The lowest BCUT2D eigenvalue weighted by atomic mass is 10.2. The highest BCUT2D eigenvalue weighted by molar-refractivity contribution is 6.42. The van der Waals surface area contributed by atoms with Crippen LogP contribution in [-0.4, -0.2) is 21.8 Å². The van der Waals surface area contributed by atoms with Gasteiger partial charge in [0.1, 0.15) is 5.69 Å². The van der Waals surface area contributed by atoms with Gasteiger partial charge in [-0.3, -0.25) is 25.4 Å². The third-order valence-electron chi connectivity index (χ3n) is 2.47. The van der Waals surface area contributed by atoms with Gasteiger partial charge < -0.3 is 0 Å². The molecule has 2 rings (SSSR count). The molecule has 112 valence electrons. The molecule has 0 saturated carbocycles. The zero-order valence-corrected chi connectivity index (χ0v) is 12.6. The van der Waals surface area contributed by atoms with E-state index in [1.165, 1.54) is 30.7 Å². The zero-order valence-electron chi connectivity index (χ0n) is 11.1. The van der Waals surface area contributed by atoms with Crippen molar-refractivity contribution in [2.24, 2.45) is 0 Å². The van der Waals surface area contributed by atoms with Gasteiger partial charge in [-0.1, -0.05) is 29.3 Å². The molecule has 0 radical (unpaired) electrons. The van der Waals surface area contributed by atoms with E-state index >= 15 is 0 Å². The largest absolute Gasteiger partial charge is 0.289 e. The Labute approximate surface area is 136 Å². The number of amides is 2. The molecule has 0 fully saturated rings. The van der Waals surface area contributed by atoms with Crippen molar-refractivity contribution in [1.29, 1.82) is 0 Å². The van der Waals surface area contributed by atoms with Crippen LogP contribution in [0.15, 0.2) is 42.9 Å². The minimum absolute atomic E-state index is 0.0938. The van der Waals surface area contributed by atoms with E-state index in [0.29, 0.717) is 15.6 Å². The van der Waals surface area contributed by atoms with Gasteiger partial charge >= 0.3 is 0 Å². The van der Waals surface area contributed by atoms with Gasteiger partial charge in [-0.25, -0.2) is 4.98 Å². The average molecular weight is 337 g/mol. The SMILES string of the molecule is O=C(/C=C/c1ccc(Cl)c(Cl)c1)NNC(=O)c1cnccn1.